The minimum absolute atomic E-state index is 0.0719. The molecule has 0 bridgehead atoms. The van der Waals surface area contributed by atoms with Gasteiger partial charge in [0.25, 0.3) is 0 Å². The van der Waals surface area contributed by atoms with Crippen LogP contribution < -0.4 is 5.73 Å². The van der Waals surface area contributed by atoms with E-state index in [1.807, 2.05) is 0 Å². The number of carbonyl (C=O) groups is 2. The Kier molecular flexibility index (Phi) is 5.37. The standard InChI is InChI=1S/C7H9NO3.C2HF3O2/c1-4(8)5-2-3-6(11-5)7(9)10;3-2(4,5)1(6)7/h2-4H,8H2,1H3,(H,9,10);(H,6,7)/t4-;/m0./s1. The molecule has 0 aliphatic carbocycles. The second-order valence-electron chi connectivity index (χ2n) is 3.10. The van der Waals surface area contributed by atoms with Crippen LogP contribution in [0.15, 0.2) is 16.5 Å². The fraction of sp³-hybridized carbons (Fsp3) is 0.333. The predicted molar refractivity (Wildman–Crippen MR) is 52.0 cm³/mol. The van der Waals surface area contributed by atoms with E-state index in [0.29, 0.717) is 5.76 Å². The highest BCUT2D eigenvalue weighted by molar-refractivity contribution is 5.84. The minimum Gasteiger partial charge on any atom is -0.475 e. The maximum atomic E-state index is 10.6. The number of aliphatic carboxylic acids is 1. The molecule has 0 saturated heterocycles. The molecule has 9 heteroatoms. The van der Waals surface area contributed by atoms with Crippen molar-refractivity contribution >= 4 is 11.9 Å². The molecule has 0 aromatic carbocycles. The van der Waals surface area contributed by atoms with Gasteiger partial charge in [-0.3, -0.25) is 0 Å². The number of furan rings is 1. The van der Waals surface area contributed by atoms with Gasteiger partial charge in [-0.15, -0.1) is 0 Å². The third-order valence-electron chi connectivity index (χ3n) is 1.53. The molecule has 0 aliphatic heterocycles. The average Bonchev–Trinajstić information content (AvgIpc) is 2.65. The highest BCUT2D eigenvalue weighted by Gasteiger charge is 2.38. The summed E-state index contributed by atoms with van der Waals surface area (Å²) in [6, 6.07) is 2.69. The zero-order chi connectivity index (χ0) is 14.5. The van der Waals surface area contributed by atoms with E-state index in [0.717, 1.165) is 0 Å². The molecule has 1 heterocycles. The van der Waals surface area contributed by atoms with E-state index in [9.17, 15) is 18.0 Å². The quantitative estimate of drug-likeness (QED) is 0.751. The topological polar surface area (TPSA) is 114 Å². The van der Waals surface area contributed by atoms with Crippen molar-refractivity contribution in [3.05, 3.63) is 23.7 Å². The molecule has 1 aromatic heterocycles. The molecule has 0 radical (unpaired) electrons. The van der Waals surface area contributed by atoms with Gasteiger partial charge in [0.2, 0.25) is 5.76 Å². The summed E-state index contributed by atoms with van der Waals surface area (Å²) in [7, 11) is 0. The van der Waals surface area contributed by atoms with Gasteiger partial charge in [-0.2, -0.15) is 13.2 Å². The molecule has 0 amide bonds. The number of carboxylic acid groups (broad SMARTS) is 2. The Hall–Kier alpha value is -2.03. The lowest BCUT2D eigenvalue weighted by Crippen LogP contribution is -2.21. The number of alkyl halides is 3. The summed E-state index contributed by atoms with van der Waals surface area (Å²) < 4.78 is 36.6. The van der Waals surface area contributed by atoms with Crippen LogP contribution >= 0.6 is 0 Å². The van der Waals surface area contributed by atoms with Crippen LogP contribution in [-0.4, -0.2) is 28.3 Å². The molecule has 0 spiro atoms. The lowest BCUT2D eigenvalue weighted by atomic mass is 10.3. The van der Waals surface area contributed by atoms with Gasteiger partial charge in [0.15, 0.2) is 0 Å². The molecular weight excluding hydrogens is 259 g/mol. The van der Waals surface area contributed by atoms with Crippen molar-refractivity contribution in [2.75, 3.05) is 0 Å². The number of halogens is 3. The van der Waals surface area contributed by atoms with Gasteiger partial charge in [-0.25, -0.2) is 9.59 Å². The highest BCUT2D eigenvalue weighted by atomic mass is 19.4. The zero-order valence-electron chi connectivity index (χ0n) is 9.06. The number of carboxylic acids is 2. The Morgan fingerprint density at radius 1 is 1.33 bits per heavy atom. The van der Waals surface area contributed by atoms with E-state index >= 15 is 0 Å². The normalized spacial score (nSPS) is 12.3. The van der Waals surface area contributed by atoms with Crippen LogP contribution in [0.25, 0.3) is 0 Å². The largest absolute Gasteiger partial charge is 0.490 e. The summed E-state index contributed by atoms with van der Waals surface area (Å²) in [6.45, 7) is 1.73. The van der Waals surface area contributed by atoms with Gasteiger partial charge in [0.05, 0.1) is 6.04 Å². The number of hydrogen-bond donors (Lipinski definition) is 3. The molecular formula is C9H10F3NO5. The van der Waals surface area contributed by atoms with Gasteiger partial charge in [-0.05, 0) is 19.1 Å². The lowest BCUT2D eigenvalue weighted by Gasteiger charge is -1.97. The molecule has 1 aromatic rings. The fourth-order valence-corrected chi connectivity index (χ4v) is 0.712. The first-order valence-corrected chi connectivity index (χ1v) is 4.44. The summed E-state index contributed by atoms with van der Waals surface area (Å²) in [5, 5.41) is 15.6. The molecule has 1 atom stereocenters. The van der Waals surface area contributed by atoms with Crippen molar-refractivity contribution in [1.82, 2.24) is 0 Å². The first-order valence-electron chi connectivity index (χ1n) is 4.44. The van der Waals surface area contributed by atoms with E-state index in [4.69, 9.17) is 25.2 Å². The number of nitrogens with two attached hydrogens (primary N) is 1. The van der Waals surface area contributed by atoms with Gasteiger partial charge in [0.1, 0.15) is 5.76 Å². The second-order valence-corrected chi connectivity index (χ2v) is 3.10. The smallest absolute Gasteiger partial charge is 0.475 e. The summed E-state index contributed by atoms with van der Waals surface area (Å²) >= 11 is 0. The van der Waals surface area contributed by atoms with Crippen LogP contribution in [0.3, 0.4) is 0 Å². The van der Waals surface area contributed by atoms with Crippen molar-refractivity contribution in [2.45, 2.75) is 19.1 Å². The average molecular weight is 269 g/mol. The van der Waals surface area contributed by atoms with E-state index in [2.05, 4.69) is 0 Å². The van der Waals surface area contributed by atoms with E-state index in [1.165, 1.54) is 6.07 Å². The lowest BCUT2D eigenvalue weighted by molar-refractivity contribution is -0.192. The third-order valence-corrected chi connectivity index (χ3v) is 1.53. The van der Waals surface area contributed by atoms with Gasteiger partial charge in [-0.1, -0.05) is 0 Å². The van der Waals surface area contributed by atoms with Crippen LogP contribution in [0.2, 0.25) is 0 Å². The van der Waals surface area contributed by atoms with E-state index in [1.54, 1.807) is 13.0 Å². The van der Waals surface area contributed by atoms with Crippen molar-refractivity contribution in [2.24, 2.45) is 5.73 Å². The van der Waals surface area contributed by atoms with E-state index < -0.39 is 18.1 Å². The van der Waals surface area contributed by atoms with Crippen molar-refractivity contribution < 1.29 is 37.4 Å². The highest BCUT2D eigenvalue weighted by Crippen LogP contribution is 2.13. The van der Waals surface area contributed by atoms with Crippen LogP contribution in [-0.2, 0) is 4.79 Å². The Balaban J connectivity index is 0.000000360. The molecule has 0 unspecified atom stereocenters. The molecule has 102 valence electrons. The fourth-order valence-electron chi connectivity index (χ4n) is 0.712. The molecule has 0 fully saturated rings. The predicted octanol–water partition coefficient (Wildman–Crippen LogP) is 1.63. The Bertz CT molecular complexity index is 424. The molecule has 6 nitrogen and oxygen atoms in total. The summed E-state index contributed by atoms with van der Waals surface area (Å²) in [5.41, 5.74) is 5.44. The molecule has 1 rings (SSSR count). The van der Waals surface area contributed by atoms with Crippen molar-refractivity contribution in [3.8, 4) is 0 Å². The number of aromatic carboxylic acids is 1. The van der Waals surface area contributed by atoms with Crippen molar-refractivity contribution in [3.63, 3.8) is 0 Å². The summed E-state index contributed by atoms with van der Waals surface area (Å²) in [5.74, 6) is -3.41. The maximum absolute atomic E-state index is 10.6. The number of rotatable bonds is 2. The summed E-state index contributed by atoms with van der Waals surface area (Å²) in [6.07, 6.45) is -5.08. The molecule has 0 aliphatic rings. The first kappa shape index (κ1) is 16.0. The van der Waals surface area contributed by atoms with Crippen molar-refractivity contribution in [1.29, 1.82) is 0 Å². The van der Waals surface area contributed by atoms with Crippen LogP contribution in [0.5, 0.6) is 0 Å². The maximum Gasteiger partial charge on any atom is 0.490 e. The van der Waals surface area contributed by atoms with Crippen LogP contribution in [0.1, 0.15) is 29.3 Å². The monoisotopic (exact) mass is 269 g/mol. The van der Waals surface area contributed by atoms with Gasteiger partial charge < -0.3 is 20.4 Å². The Morgan fingerprint density at radius 3 is 1.94 bits per heavy atom. The third kappa shape index (κ3) is 5.34. The second kappa shape index (κ2) is 6.05. The zero-order valence-corrected chi connectivity index (χ0v) is 9.06. The Morgan fingerprint density at radius 2 is 1.78 bits per heavy atom. The first-order chi connectivity index (χ1) is 8.05. The number of hydrogen-bond acceptors (Lipinski definition) is 4. The SMILES string of the molecule is C[C@H](N)c1ccc(C(=O)O)o1.O=C(O)C(F)(F)F. The van der Waals surface area contributed by atoms with Crippen LogP contribution in [0.4, 0.5) is 13.2 Å². The molecule has 4 N–H and O–H groups in total. The molecule has 0 saturated carbocycles. The van der Waals surface area contributed by atoms with Crippen LogP contribution in [0, 0.1) is 0 Å². The van der Waals surface area contributed by atoms with E-state index in [-0.39, 0.29) is 11.8 Å². The molecule has 18 heavy (non-hydrogen) atoms. The minimum atomic E-state index is -5.08. The van der Waals surface area contributed by atoms with Gasteiger partial charge >= 0.3 is 18.1 Å². The Labute approximate surface area is 98.8 Å². The summed E-state index contributed by atoms with van der Waals surface area (Å²) in [4.78, 5) is 19.2. The van der Waals surface area contributed by atoms with Gasteiger partial charge in [0, 0.05) is 0 Å².